The van der Waals surface area contributed by atoms with E-state index in [9.17, 15) is 4.79 Å². The molecule has 2 aliphatic rings. The third kappa shape index (κ3) is 2.31. The van der Waals surface area contributed by atoms with E-state index in [4.69, 9.17) is 9.84 Å². The van der Waals surface area contributed by atoms with E-state index in [1.54, 1.807) is 12.1 Å². The molecule has 2 aliphatic carbocycles. The van der Waals surface area contributed by atoms with Gasteiger partial charge in [-0.3, -0.25) is 0 Å². The molecule has 21 heavy (non-hydrogen) atoms. The zero-order valence-corrected chi connectivity index (χ0v) is 12.7. The van der Waals surface area contributed by atoms with Crippen molar-refractivity contribution in [3.63, 3.8) is 0 Å². The topological polar surface area (TPSA) is 58.6 Å². The SMILES string of the molecule is CCOC1CC(Nc2ccc(C(=O)O)cc2C)C12CCC2. The van der Waals surface area contributed by atoms with Crippen molar-refractivity contribution in [2.24, 2.45) is 5.41 Å². The molecule has 2 fully saturated rings. The number of aromatic carboxylic acids is 1. The molecule has 0 aromatic heterocycles. The molecule has 2 saturated carbocycles. The van der Waals surface area contributed by atoms with Gasteiger partial charge in [0.05, 0.1) is 11.7 Å². The molecule has 1 aromatic rings. The van der Waals surface area contributed by atoms with Gasteiger partial charge in [-0.1, -0.05) is 6.42 Å². The number of carboxylic acid groups (broad SMARTS) is 1. The molecule has 2 unspecified atom stereocenters. The monoisotopic (exact) mass is 289 g/mol. The van der Waals surface area contributed by atoms with Crippen LogP contribution in [-0.2, 0) is 4.74 Å². The van der Waals surface area contributed by atoms with Crippen molar-refractivity contribution in [2.45, 2.75) is 51.7 Å². The molecular formula is C17H23NO3. The van der Waals surface area contributed by atoms with E-state index < -0.39 is 5.97 Å². The summed E-state index contributed by atoms with van der Waals surface area (Å²) in [4.78, 5) is 11.0. The summed E-state index contributed by atoms with van der Waals surface area (Å²) in [6.07, 6.45) is 5.21. The molecule has 2 N–H and O–H groups in total. The number of aryl methyl sites for hydroxylation is 1. The summed E-state index contributed by atoms with van der Waals surface area (Å²) >= 11 is 0. The standard InChI is InChI=1S/C17H23NO3/c1-3-21-15-10-14(17(15)7-4-8-17)18-13-6-5-12(16(19)20)9-11(13)2/h5-6,9,14-15,18H,3-4,7-8,10H2,1-2H3,(H,19,20). The van der Waals surface area contributed by atoms with Gasteiger partial charge in [-0.15, -0.1) is 0 Å². The van der Waals surface area contributed by atoms with Crippen molar-refractivity contribution in [3.05, 3.63) is 29.3 Å². The number of benzene rings is 1. The highest BCUT2D eigenvalue weighted by Gasteiger charge is 2.58. The summed E-state index contributed by atoms with van der Waals surface area (Å²) in [6, 6.07) is 5.75. The highest BCUT2D eigenvalue weighted by atomic mass is 16.5. The van der Waals surface area contributed by atoms with Crippen molar-refractivity contribution in [3.8, 4) is 0 Å². The highest BCUT2D eigenvalue weighted by Crippen LogP contribution is 2.58. The Morgan fingerprint density at radius 3 is 2.76 bits per heavy atom. The average Bonchev–Trinajstić information content (AvgIpc) is 2.37. The lowest BCUT2D eigenvalue weighted by atomic mass is 9.51. The number of carboxylic acids is 1. The van der Waals surface area contributed by atoms with Crippen LogP contribution in [0.2, 0.25) is 0 Å². The molecule has 0 heterocycles. The number of rotatable bonds is 5. The fourth-order valence-corrected chi connectivity index (χ4v) is 3.79. The molecule has 114 valence electrons. The van der Waals surface area contributed by atoms with Gasteiger partial charge in [-0.05, 0) is 56.9 Å². The quantitative estimate of drug-likeness (QED) is 0.871. The van der Waals surface area contributed by atoms with Gasteiger partial charge in [0.2, 0.25) is 0 Å². The van der Waals surface area contributed by atoms with Crippen LogP contribution < -0.4 is 5.32 Å². The van der Waals surface area contributed by atoms with Crippen LogP contribution in [0.15, 0.2) is 18.2 Å². The Hall–Kier alpha value is -1.55. The van der Waals surface area contributed by atoms with Crippen LogP contribution >= 0.6 is 0 Å². The van der Waals surface area contributed by atoms with Gasteiger partial charge < -0.3 is 15.2 Å². The van der Waals surface area contributed by atoms with Crippen LogP contribution in [0.1, 0.15) is 48.5 Å². The molecule has 1 aromatic carbocycles. The smallest absolute Gasteiger partial charge is 0.335 e. The van der Waals surface area contributed by atoms with E-state index in [1.165, 1.54) is 19.3 Å². The first-order valence-electron chi connectivity index (χ1n) is 7.79. The van der Waals surface area contributed by atoms with Crippen LogP contribution in [0.25, 0.3) is 0 Å². The number of anilines is 1. The van der Waals surface area contributed by atoms with Crippen LogP contribution in [0.5, 0.6) is 0 Å². The fraction of sp³-hybridized carbons (Fsp3) is 0.588. The van der Waals surface area contributed by atoms with Gasteiger partial charge in [0, 0.05) is 23.8 Å². The lowest BCUT2D eigenvalue weighted by Gasteiger charge is -2.61. The van der Waals surface area contributed by atoms with E-state index in [2.05, 4.69) is 12.2 Å². The minimum atomic E-state index is -0.875. The maximum atomic E-state index is 11.0. The second-order valence-electron chi connectivity index (χ2n) is 6.30. The predicted molar refractivity (Wildman–Crippen MR) is 81.9 cm³/mol. The van der Waals surface area contributed by atoms with Crippen molar-refractivity contribution in [1.82, 2.24) is 0 Å². The summed E-state index contributed by atoms with van der Waals surface area (Å²) in [6.45, 7) is 4.80. The van der Waals surface area contributed by atoms with E-state index in [0.29, 0.717) is 23.1 Å². The number of nitrogens with one attached hydrogen (secondary N) is 1. The number of ether oxygens (including phenoxy) is 1. The third-order valence-corrected chi connectivity index (χ3v) is 5.24. The Balaban J connectivity index is 1.71. The number of carbonyl (C=O) groups is 1. The second kappa shape index (κ2) is 5.34. The van der Waals surface area contributed by atoms with Gasteiger partial charge in [-0.25, -0.2) is 4.79 Å². The van der Waals surface area contributed by atoms with E-state index in [1.807, 2.05) is 13.0 Å². The highest BCUT2D eigenvalue weighted by molar-refractivity contribution is 5.88. The molecular weight excluding hydrogens is 266 g/mol. The predicted octanol–water partition coefficient (Wildman–Crippen LogP) is 3.45. The van der Waals surface area contributed by atoms with Crippen LogP contribution in [-0.4, -0.2) is 29.8 Å². The van der Waals surface area contributed by atoms with Crippen molar-refractivity contribution in [1.29, 1.82) is 0 Å². The zero-order chi connectivity index (χ0) is 15.0. The summed E-state index contributed by atoms with van der Waals surface area (Å²) in [5.74, 6) is -0.875. The lowest BCUT2D eigenvalue weighted by Crippen LogP contribution is -2.64. The van der Waals surface area contributed by atoms with Gasteiger partial charge in [-0.2, -0.15) is 0 Å². The minimum absolute atomic E-state index is 0.313. The first-order chi connectivity index (χ1) is 10.1. The molecule has 4 nitrogen and oxygen atoms in total. The van der Waals surface area contributed by atoms with Crippen molar-refractivity contribution in [2.75, 3.05) is 11.9 Å². The van der Waals surface area contributed by atoms with Crippen LogP contribution in [0.4, 0.5) is 5.69 Å². The van der Waals surface area contributed by atoms with E-state index in [0.717, 1.165) is 24.3 Å². The number of hydrogen-bond acceptors (Lipinski definition) is 3. The van der Waals surface area contributed by atoms with Crippen molar-refractivity contribution < 1.29 is 14.6 Å². The minimum Gasteiger partial charge on any atom is -0.478 e. The van der Waals surface area contributed by atoms with Gasteiger partial charge in [0.1, 0.15) is 0 Å². The summed E-state index contributed by atoms with van der Waals surface area (Å²) in [7, 11) is 0. The summed E-state index contributed by atoms with van der Waals surface area (Å²) < 4.78 is 5.87. The Morgan fingerprint density at radius 1 is 1.48 bits per heavy atom. The maximum absolute atomic E-state index is 11.0. The molecule has 2 atom stereocenters. The molecule has 0 aliphatic heterocycles. The second-order valence-corrected chi connectivity index (χ2v) is 6.30. The van der Waals surface area contributed by atoms with E-state index in [-0.39, 0.29) is 0 Å². The molecule has 0 saturated heterocycles. The number of hydrogen-bond donors (Lipinski definition) is 2. The normalized spacial score (nSPS) is 26.0. The molecule has 0 amide bonds. The van der Waals surface area contributed by atoms with E-state index >= 15 is 0 Å². The largest absolute Gasteiger partial charge is 0.478 e. The molecule has 0 bridgehead atoms. The first kappa shape index (κ1) is 14.4. The maximum Gasteiger partial charge on any atom is 0.335 e. The average molecular weight is 289 g/mol. The van der Waals surface area contributed by atoms with Crippen LogP contribution in [0, 0.1) is 12.3 Å². The Kier molecular flexibility index (Phi) is 3.66. The van der Waals surface area contributed by atoms with Crippen molar-refractivity contribution >= 4 is 11.7 Å². The third-order valence-electron chi connectivity index (χ3n) is 5.24. The molecule has 4 heteroatoms. The zero-order valence-electron chi connectivity index (χ0n) is 12.7. The van der Waals surface area contributed by atoms with Gasteiger partial charge in [0.25, 0.3) is 0 Å². The molecule has 1 spiro atoms. The first-order valence-corrected chi connectivity index (χ1v) is 7.79. The summed E-state index contributed by atoms with van der Waals surface area (Å²) in [5.41, 5.74) is 2.70. The van der Waals surface area contributed by atoms with Gasteiger partial charge >= 0.3 is 5.97 Å². The lowest BCUT2D eigenvalue weighted by molar-refractivity contribution is -0.157. The fourth-order valence-electron chi connectivity index (χ4n) is 3.79. The summed E-state index contributed by atoms with van der Waals surface area (Å²) in [5, 5.41) is 12.6. The Bertz CT molecular complexity index is 551. The molecule has 3 rings (SSSR count). The van der Waals surface area contributed by atoms with Gasteiger partial charge in [0.15, 0.2) is 0 Å². The Morgan fingerprint density at radius 2 is 2.24 bits per heavy atom. The Labute approximate surface area is 125 Å². The molecule has 0 radical (unpaired) electrons. The van der Waals surface area contributed by atoms with Crippen LogP contribution in [0.3, 0.4) is 0 Å².